The lowest BCUT2D eigenvalue weighted by molar-refractivity contribution is 0.500. The highest BCUT2D eigenvalue weighted by atomic mass is 79.9. The van der Waals surface area contributed by atoms with Gasteiger partial charge in [-0.3, -0.25) is 4.79 Å². The van der Waals surface area contributed by atoms with Crippen molar-refractivity contribution >= 4 is 21.6 Å². The number of nitrogens with zero attached hydrogens (tertiary/aromatic N) is 5. The van der Waals surface area contributed by atoms with Crippen molar-refractivity contribution in [1.29, 1.82) is 0 Å². The summed E-state index contributed by atoms with van der Waals surface area (Å²) in [5.74, 6) is 0.514. The van der Waals surface area contributed by atoms with Crippen LogP contribution in [-0.2, 0) is 0 Å². The largest absolute Gasteiger partial charge is 0.373 e. The Hall–Kier alpha value is -1.77. The SMILES string of the molecule is CC(Nc1cnn(C(C)C)c(=O)c1Br)c1nn[nH]n1. The molecule has 1 unspecified atom stereocenters. The first-order valence-electron chi connectivity index (χ1n) is 5.78. The number of anilines is 1. The van der Waals surface area contributed by atoms with E-state index >= 15 is 0 Å². The van der Waals surface area contributed by atoms with Gasteiger partial charge in [-0.25, -0.2) is 4.68 Å². The fourth-order valence-electron chi connectivity index (χ4n) is 1.56. The van der Waals surface area contributed by atoms with E-state index in [1.165, 1.54) is 4.68 Å². The van der Waals surface area contributed by atoms with Crippen LogP contribution in [0, 0.1) is 0 Å². The number of hydrogen-bond acceptors (Lipinski definition) is 6. The summed E-state index contributed by atoms with van der Waals surface area (Å²) >= 11 is 3.29. The van der Waals surface area contributed by atoms with Gasteiger partial charge in [0.05, 0.1) is 24.0 Å². The Morgan fingerprint density at radius 1 is 1.42 bits per heavy atom. The van der Waals surface area contributed by atoms with Crippen LogP contribution >= 0.6 is 15.9 Å². The molecule has 19 heavy (non-hydrogen) atoms. The zero-order valence-electron chi connectivity index (χ0n) is 10.8. The standard InChI is InChI=1S/C10H14BrN7O/c1-5(2)18-10(19)8(11)7(4-12-18)13-6(3)9-14-16-17-15-9/h4-6,13H,1-3H3,(H,14,15,16,17). The second kappa shape index (κ2) is 5.47. The maximum absolute atomic E-state index is 12.1. The van der Waals surface area contributed by atoms with Gasteiger partial charge in [-0.1, -0.05) is 5.21 Å². The molecule has 2 aromatic heterocycles. The first-order chi connectivity index (χ1) is 9.00. The Morgan fingerprint density at radius 2 is 2.16 bits per heavy atom. The summed E-state index contributed by atoms with van der Waals surface area (Å²) in [6.07, 6.45) is 1.60. The average Bonchev–Trinajstić information content (AvgIpc) is 2.88. The van der Waals surface area contributed by atoms with E-state index in [9.17, 15) is 4.79 Å². The zero-order valence-corrected chi connectivity index (χ0v) is 12.3. The number of rotatable bonds is 4. The third kappa shape index (κ3) is 2.80. The van der Waals surface area contributed by atoms with Gasteiger partial charge >= 0.3 is 0 Å². The maximum atomic E-state index is 12.1. The highest BCUT2D eigenvalue weighted by Gasteiger charge is 2.15. The van der Waals surface area contributed by atoms with E-state index in [1.807, 2.05) is 20.8 Å². The van der Waals surface area contributed by atoms with E-state index in [0.29, 0.717) is 16.0 Å². The molecule has 0 aliphatic carbocycles. The molecule has 0 spiro atoms. The van der Waals surface area contributed by atoms with Crippen molar-refractivity contribution in [3.05, 3.63) is 26.8 Å². The van der Waals surface area contributed by atoms with E-state index in [1.54, 1.807) is 6.20 Å². The smallest absolute Gasteiger partial charge is 0.283 e. The van der Waals surface area contributed by atoms with Crippen LogP contribution in [0.5, 0.6) is 0 Å². The molecule has 2 rings (SSSR count). The van der Waals surface area contributed by atoms with Gasteiger partial charge in [-0.15, -0.1) is 10.2 Å². The number of aromatic nitrogens is 6. The molecule has 1 atom stereocenters. The monoisotopic (exact) mass is 327 g/mol. The molecule has 2 heterocycles. The van der Waals surface area contributed by atoms with Gasteiger partial charge in [0.1, 0.15) is 4.47 Å². The van der Waals surface area contributed by atoms with Crippen LogP contribution in [-0.4, -0.2) is 30.4 Å². The van der Waals surface area contributed by atoms with E-state index in [-0.39, 0.29) is 17.6 Å². The molecule has 0 bridgehead atoms. The number of H-pyrrole nitrogens is 1. The van der Waals surface area contributed by atoms with Crippen LogP contribution in [0.1, 0.15) is 38.7 Å². The summed E-state index contributed by atoms with van der Waals surface area (Å²) in [4.78, 5) is 12.1. The molecule has 0 aliphatic heterocycles. The Labute approximate surface area is 117 Å². The van der Waals surface area contributed by atoms with Gasteiger partial charge in [0.15, 0.2) is 5.82 Å². The summed E-state index contributed by atoms with van der Waals surface area (Å²) in [6, 6.07) is -0.182. The predicted molar refractivity (Wildman–Crippen MR) is 72.8 cm³/mol. The van der Waals surface area contributed by atoms with Crippen molar-refractivity contribution in [2.45, 2.75) is 32.9 Å². The van der Waals surface area contributed by atoms with Crippen molar-refractivity contribution < 1.29 is 0 Å². The Balaban J connectivity index is 2.27. The molecule has 0 radical (unpaired) electrons. The number of aromatic amines is 1. The zero-order chi connectivity index (χ0) is 14.0. The number of halogens is 1. The van der Waals surface area contributed by atoms with Crippen molar-refractivity contribution in [2.75, 3.05) is 5.32 Å². The Kier molecular flexibility index (Phi) is 3.93. The van der Waals surface area contributed by atoms with E-state index in [2.05, 4.69) is 47.0 Å². The highest BCUT2D eigenvalue weighted by molar-refractivity contribution is 9.10. The second-order valence-corrected chi connectivity index (χ2v) is 5.14. The highest BCUT2D eigenvalue weighted by Crippen LogP contribution is 2.21. The first kappa shape index (κ1) is 13.7. The first-order valence-corrected chi connectivity index (χ1v) is 6.57. The van der Waals surface area contributed by atoms with Crippen molar-refractivity contribution in [1.82, 2.24) is 30.4 Å². The summed E-state index contributed by atoms with van der Waals surface area (Å²) in [6.45, 7) is 5.66. The van der Waals surface area contributed by atoms with Gasteiger partial charge < -0.3 is 5.32 Å². The molecule has 8 nitrogen and oxygen atoms in total. The lowest BCUT2D eigenvalue weighted by Gasteiger charge is -2.15. The van der Waals surface area contributed by atoms with Crippen LogP contribution in [0.15, 0.2) is 15.5 Å². The van der Waals surface area contributed by atoms with Crippen LogP contribution in [0.3, 0.4) is 0 Å². The molecule has 0 amide bonds. The lowest BCUT2D eigenvalue weighted by Crippen LogP contribution is -2.26. The third-order valence-corrected chi connectivity index (χ3v) is 3.32. The van der Waals surface area contributed by atoms with Crippen molar-refractivity contribution in [3.63, 3.8) is 0 Å². The summed E-state index contributed by atoms with van der Waals surface area (Å²) in [5.41, 5.74) is 0.416. The van der Waals surface area contributed by atoms with Crippen LogP contribution in [0.25, 0.3) is 0 Å². The molecule has 102 valence electrons. The molecule has 0 aromatic carbocycles. The van der Waals surface area contributed by atoms with Gasteiger partial charge in [-0.2, -0.15) is 10.3 Å². The Morgan fingerprint density at radius 3 is 2.74 bits per heavy atom. The molecule has 0 saturated heterocycles. The topological polar surface area (TPSA) is 101 Å². The Bertz CT molecular complexity index is 607. The minimum absolute atomic E-state index is 0.00693. The van der Waals surface area contributed by atoms with Crippen LogP contribution in [0.4, 0.5) is 5.69 Å². The molecule has 0 aliphatic rings. The minimum atomic E-state index is -0.189. The molecule has 0 fully saturated rings. The fraction of sp³-hybridized carbons (Fsp3) is 0.500. The van der Waals surface area contributed by atoms with Gasteiger partial charge in [0, 0.05) is 0 Å². The summed E-state index contributed by atoms with van der Waals surface area (Å²) < 4.78 is 1.85. The molecular formula is C10H14BrN7O. The lowest BCUT2D eigenvalue weighted by atomic mass is 10.3. The number of tetrazole rings is 1. The van der Waals surface area contributed by atoms with Gasteiger partial charge in [-0.05, 0) is 36.7 Å². The van der Waals surface area contributed by atoms with E-state index in [0.717, 1.165) is 0 Å². The average molecular weight is 328 g/mol. The van der Waals surface area contributed by atoms with Gasteiger partial charge in [0.25, 0.3) is 5.56 Å². The molecule has 2 N–H and O–H groups in total. The molecule has 2 aromatic rings. The van der Waals surface area contributed by atoms with E-state index < -0.39 is 0 Å². The normalized spacial score (nSPS) is 12.7. The van der Waals surface area contributed by atoms with E-state index in [4.69, 9.17) is 0 Å². The second-order valence-electron chi connectivity index (χ2n) is 4.35. The molecule has 0 saturated carbocycles. The van der Waals surface area contributed by atoms with Crippen molar-refractivity contribution in [3.8, 4) is 0 Å². The fourth-order valence-corrected chi connectivity index (χ4v) is 1.96. The summed E-state index contributed by atoms with van der Waals surface area (Å²) in [5, 5.41) is 20.9. The molecule has 9 heteroatoms. The van der Waals surface area contributed by atoms with Crippen LogP contribution < -0.4 is 10.9 Å². The maximum Gasteiger partial charge on any atom is 0.283 e. The summed E-state index contributed by atoms with van der Waals surface area (Å²) in [7, 11) is 0. The quantitative estimate of drug-likeness (QED) is 0.876. The predicted octanol–water partition coefficient (Wildman–Crippen LogP) is 1.27. The third-order valence-electron chi connectivity index (χ3n) is 2.55. The number of nitrogens with one attached hydrogen (secondary N) is 2. The number of hydrogen-bond donors (Lipinski definition) is 2. The van der Waals surface area contributed by atoms with Crippen LogP contribution in [0.2, 0.25) is 0 Å². The minimum Gasteiger partial charge on any atom is -0.373 e. The molecular weight excluding hydrogens is 314 g/mol. The van der Waals surface area contributed by atoms with Gasteiger partial charge in [0.2, 0.25) is 0 Å². The van der Waals surface area contributed by atoms with Crippen molar-refractivity contribution in [2.24, 2.45) is 0 Å².